The van der Waals surface area contributed by atoms with Gasteiger partial charge in [0.1, 0.15) is 5.75 Å². The summed E-state index contributed by atoms with van der Waals surface area (Å²) in [6.45, 7) is 3.16. The average Bonchev–Trinajstić information content (AvgIpc) is 3.36. The molecule has 0 saturated heterocycles. The molecule has 0 aliphatic rings. The normalized spacial score (nSPS) is 10.9. The minimum Gasteiger partial charge on any atom is -0.497 e. The van der Waals surface area contributed by atoms with Crippen LogP contribution < -0.4 is 9.64 Å². The molecule has 4 rings (SSSR count). The van der Waals surface area contributed by atoms with Crippen LogP contribution in [0.4, 0.5) is 5.13 Å². The van der Waals surface area contributed by atoms with Gasteiger partial charge in [-0.3, -0.25) is 9.69 Å². The standard InChI is InChI=1S/C23H25N5O2S.ClH/c1-16-19(15-24-28(16)17-8-6-5-7-9-17)22(29)27(13-12-26(2)3)23-25-20-11-10-18(30-4)14-21(20)31-23;/h5-11,14-15H,12-13H2,1-4H3;1H. The zero-order valence-electron chi connectivity index (χ0n) is 18.5. The Labute approximate surface area is 197 Å². The second kappa shape index (κ2) is 10.1. The zero-order valence-corrected chi connectivity index (χ0v) is 20.1. The van der Waals surface area contributed by atoms with Crippen LogP contribution in [0.1, 0.15) is 16.1 Å². The molecule has 0 spiro atoms. The molecule has 0 N–H and O–H groups in total. The molecule has 0 saturated carbocycles. The van der Waals surface area contributed by atoms with Crippen molar-refractivity contribution >= 4 is 45.0 Å². The van der Waals surface area contributed by atoms with Crippen LogP contribution in [0.5, 0.6) is 5.75 Å². The number of halogens is 1. The van der Waals surface area contributed by atoms with Crippen LogP contribution >= 0.6 is 23.7 Å². The lowest BCUT2D eigenvalue weighted by Gasteiger charge is -2.21. The van der Waals surface area contributed by atoms with Crippen molar-refractivity contribution in [2.45, 2.75) is 6.92 Å². The van der Waals surface area contributed by atoms with E-state index in [1.54, 1.807) is 22.9 Å². The first-order chi connectivity index (χ1) is 15.0. The van der Waals surface area contributed by atoms with E-state index in [1.165, 1.54) is 11.3 Å². The van der Waals surface area contributed by atoms with Gasteiger partial charge in [0.05, 0.1) is 40.5 Å². The van der Waals surface area contributed by atoms with Gasteiger partial charge in [-0.25, -0.2) is 9.67 Å². The van der Waals surface area contributed by atoms with E-state index in [1.807, 2.05) is 69.6 Å². The number of anilines is 1. The Kier molecular flexibility index (Phi) is 7.50. The Morgan fingerprint density at radius 3 is 2.56 bits per heavy atom. The largest absolute Gasteiger partial charge is 0.497 e. The Hall–Kier alpha value is -2.94. The van der Waals surface area contributed by atoms with Gasteiger partial charge in [-0.2, -0.15) is 5.10 Å². The lowest BCUT2D eigenvalue weighted by atomic mass is 10.2. The van der Waals surface area contributed by atoms with E-state index in [0.29, 0.717) is 17.2 Å². The summed E-state index contributed by atoms with van der Waals surface area (Å²) in [5, 5.41) is 5.14. The quantitative estimate of drug-likeness (QED) is 0.399. The number of carbonyl (C=O) groups is 1. The van der Waals surface area contributed by atoms with Crippen molar-refractivity contribution in [3.63, 3.8) is 0 Å². The summed E-state index contributed by atoms with van der Waals surface area (Å²) < 4.78 is 8.10. The van der Waals surface area contributed by atoms with E-state index in [4.69, 9.17) is 9.72 Å². The smallest absolute Gasteiger partial charge is 0.263 e. The first-order valence-electron chi connectivity index (χ1n) is 9.99. The molecule has 1 amide bonds. The number of thiazole rings is 1. The van der Waals surface area contributed by atoms with Crippen LogP contribution in [0.2, 0.25) is 0 Å². The van der Waals surface area contributed by atoms with Gasteiger partial charge in [-0.15, -0.1) is 12.4 Å². The molecule has 0 aliphatic heterocycles. The highest BCUT2D eigenvalue weighted by Gasteiger charge is 2.25. The minimum absolute atomic E-state index is 0. The fourth-order valence-corrected chi connectivity index (χ4v) is 4.33. The molecule has 0 aliphatic carbocycles. The first kappa shape index (κ1) is 23.7. The predicted molar refractivity (Wildman–Crippen MR) is 132 cm³/mol. The summed E-state index contributed by atoms with van der Waals surface area (Å²) in [6, 6.07) is 15.6. The highest BCUT2D eigenvalue weighted by atomic mass is 35.5. The van der Waals surface area contributed by atoms with Gasteiger partial charge in [0.2, 0.25) is 0 Å². The number of rotatable bonds is 7. The predicted octanol–water partition coefficient (Wildman–Crippen LogP) is 4.43. The number of carbonyl (C=O) groups excluding carboxylic acids is 1. The Balaban J connectivity index is 0.00000289. The number of para-hydroxylation sites is 1. The number of benzene rings is 2. The molecule has 0 radical (unpaired) electrons. The molecule has 4 aromatic rings. The summed E-state index contributed by atoms with van der Waals surface area (Å²) in [5.74, 6) is 0.668. The third kappa shape index (κ3) is 4.77. The molecule has 0 atom stereocenters. The molecule has 2 aromatic carbocycles. The molecule has 0 bridgehead atoms. The first-order valence-corrected chi connectivity index (χ1v) is 10.8. The number of hydrogen-bond acceptors (Lipinski definition) is 6. The zero-order chi connectivity index (χ0) is 22.0. The summed E-state index contributed by atoms with van der Waals surface area (Å²) in [6.07, 6.45) is 1.64. The number of nitrogens with zero attached hydrogens (tertiary/aromatic N) is 5. The molecule has 2 aromatic heterocycles. The van der Waals surface area contributed by atoms with Crippen LogP contribution in [0, 0.1) is 6.92 Å². The number of likely N-dealkylation sites (N-methyl/N-ethyl adjacent to an activating group) is 1. The molecule has 9 heteroatoms. The fraction of sp³-hybridized carbons (Fsp3) is 0.261. The van der Waals surface area contributed by atoms with Gasteiger partial charge >= 0.3 is 0 Å². The topological polar surface area (TPSA) is 63.5 Å². The Morgan fingerprint density at radius 2 is 1.88 bits per heavy atom. The number of amides is 1. The third-order valence-electron chi connectivity index (χ3n) is 5.07. The molecule has 2 heterocycles. The molecule has 32 heavy (non-hydrogen) atoms. The van der Waals surface area contributed by atoms with E-state index in [-0.39, 0.29) is 18.3 Å². The van der Waals surface area contributed by atoms with Crippen LogP contribution in [0.25, 0.3) is 15.9 Å². The highest BCUT2D eigenvalue weighted by Crippen LogP contribution is 2.32. The SMILES string of the molecule is COc1ccc2nc(N(CCN(C)C)C(=O)c3cnn(-c4ccccc4)c3C)sc2c1.Cl. The number of fused-ring (bicyclic) bond motifs is 1. The van der Waals surface area contributed by atoms with Crippen molar-refractivity contribution in [1.29, 1.82) is 0 Å². The van der Waals surface area contributed by atoms with Crippen molar-refractivity contribution in [2.24, 2.45) is 0 Å². The van der Waals surface area contributed by atoms with Crippen LogP contribution in [-0.4, -0.2) is 59.9 Å². The van der Waals surface area contributed by atoms with E-state index in [0.717, 1.165) is 33.9 Å². The van der Waals surface area contributed by atoms with Gasteiger partial charge in [0.25, 0.3) is 5.91 Å². The van der Waals surface area contributed by atoms with E-state index in [9.17, 15) is 4.79 Å². The van der Waals surface area contributed by atoms with Gasteiger partial charge in [0, 0.05) is 13.1 Å². The lowest BCUT2D eigenvalue weighted by molar-refractivity contribution is 0.0984. The second-order valence-corrected chi connectivity index (χ2v) is 8.49. The van der Waals surface area contributed by atoms with Crippen LogP contribution in [0.15, 0.2) is 54.7 Å². The lowest BCUT2D eigenvalue weighted by Crippen LogP contribution is -2.37. The number of aromatic nitrogens is 3. The van der Waals surface area contributed by atoms with Crippen molar-refractivity contribution in [3.8, 4) is 11.4 Å². The summed E-state index contributed by atoms with van der Waals surface area (Å²) >= 11 is 1.49. The number of hydrogen-bond donors (Lipinski definition) is 0. The van der Waals surface area contributed by atoms with E-state index >= 15 is 0 Å². The van der Waals surface area contributed by atoms with Crippen LogP contribution in [-0.2, 0) is 0 Å². The van der Waals surface area contributed by atoms with Crippen molar-refractivity contribution < 1.29 is 9.53 Å². The summed E-state index contributed by atoms with van der Waals surface area (Å²) in [4.78, 5) is 22.1. The average molecular weight is 472 g/mol. The molecular formula is C23H26ClN5O2S. The number of ether oxygens (including phenoxy) is 1. The third-order valence-corrected chi connectivity index (χ3v) is 6.11. The van der Waals surface area contributed by atoms with Crippen molar-refractivity contribution in [1.82, 2.24) is 19.7 Å². The Morgan fingerprint density at radius 1 is 1.12 bits per heavy atom. The van der Waals surface area contributed by atoms with E-state index in [2.05, 4.69) is 10.00 Å². The Bertz CT molecular complexity index is 1210. The molecule has 0 unspecified atom stereocenters. The maximum atomic E-state index is 13.6. The molecular weight excluding hydrogens is 446 g/mol. The highest BCUT2D eigenvalue weighted by molar-refractivity contribution is 7.22. The van der Waals surface area contributed by atoms with Gasteiger partial charge < -0.3 is 9.64 Å². The van der Waals surface area contributed by atoms with Crippen LogP contribution in [0.3, 0.4) is 0 Å². The van der Waals surface area contributed by atoms with Gasteiger partial charge in [-0.05, 0) is 51.4 Å². The number of methoxy groups -OCH3 is 1. The maximum Gasteiger partial charge on any atom is 0.263 e. The molecule has 0 fully saturated rings. The van der Waals surface area contributed by atoms with E-state index < -0.39 is 0 Å². The van der Waals surface area contributed by atoms with Gasteiger partial charge in [-0.1, -0.05) is 29.5 Å². The second-order valence-electron chi connectivity index (χ2n) is 7.48. The van der Waals surface area contributed by atoms with Crippen molar-refractivity contribution in [3.05, 3.63) is 66.0 Å². The molecule has 7 nitrogen and oxygen atoms in total. The maximum absolute atomic E-state index is 13.6. The van der Waals surface area contributed by atoms with Crippen molar-refractivity contribution in [2.75, 3.05) is 39.2 Å². The summed E-state index contributed by atoms with van der Waals surface area (Å²) in [5.41, 5.74) is 3.14. The fourth-order valence-electron chi connectivity index (χ4n) is 3.31. The summed E-state index contributed by atoms with van der Waals surface area (Å²) in [7, 11) is 5.62. The monoisotopic (exact) mass is 471 g/mol. The minimum atomic E-state index is -0.104. The van der Waals surface area contributed by atoms with Gasteiger partial charge in [0.15, 0.2) is 5.13 Å². The molecule has 168 valence electrons.